The highest BCUT2D eigenvalue weighted by Crippen LogP contribution is 2.32. The maximum atomic E-state index is 12.1. The van der Waals surface area contributed by atoms with Gasteiger partial charge < -0.3 is 9.94 Å². The summed E-state index contributed by atoms with van der Waals surface area (Å²) < 4.78 is 25.5. The van der Waals surface area contributed by atoms with E-state index in [9.17, 15) is 13.5 Å². The molecule has 3 rings (SSSR count). The number of sulfone groups is 1. The van der Waals surface area contributed by atoms with Gasteiger partial charge >= 0.3 is 0 Å². The Morgan fingerprint density at radius 1 is 1.39 bits per heavy atom. The van der Waals surface area contributed by atoms with Gasteiger partial charge in [0.05, 0.1) is 16.7 Å². The first-order chi connectivity index (χ1) is 10.8. The first-order valence-corrected chi connectivity index (χ1v) is 8.86. The number of hydrogen-bond acceptors (Lipinski definition) is 6. The zero-order chi connectivity index (χ0) is 16.8. The van der Waals surface area contributed by atoms with E-state index in [1.54, 1.807) is 20.0 Å². The fraction of sp³-hybridized carbons (Fsp3) is 0.333. The Morgan fingerprint density at radius 2 is 2.13 bits per heavy atom. The van der Waals surface area contributed by atoms with Crippen molar-refractivity contribution in [2.24, 2.45) is 12.2 Å². The predicted molar refractivity (Wildman–Crippen MR) is 84.1 cm³/mol. The molecule has 7 nitrogen and oxygen atoms in total. The van der Waals surface area contributed by atoms with Crippen molar-refractivity contribution in [2.75, 3.05) is 12.9 Å². The monoisotopic (exact) mass is 334 g/mol. The number of aromatic hydroxyl groups is 1. The van der Waals surface area contributed by atoms with Crippen LogP contribution in [-0.4, -0.2) is 41.9 Å². The van der Waals surface area contributed by atoms with E-state index < -0.39 is 9.84 Å². The Bertz CT molecular complexity index is 894. The van der Waals surface area contributed by atoms with Crippen molar-refractivity contribution in [1.82, 2.24) is 9.78 Å². The molecule has 0 unspecified atom stereocenters. The Balaban J connectivity index is 2.27. The summed E-state index contributed by atoms with van der Waals surface area (Å²) in [6.07, 6.45) is 1.71. The third-order valence-corrected chi connectivity index (χ3v) is 4.90. The second kappa shape index (κ2) is 5.38. The van der Waals surface area contributed by atoms with Gasteiger partial charge in [0.2, 0.25) is 5.88 Å². The summed E-state index contributed by atoms with van der Waals surface area (Å²) >= 11 is 0. The lowest BCUT2D eigenvalue weighted by Crippen LogP contribution is -2.11. The second-order valence-corrected chi connectivity index (χ2v) is 7.41. The van der Waals surface area contributed by atoms with Gasteiger partial charge in [-0.25, -0.2) is 13.1 Å². The van der Waals surface area contributed by atoms with E-state index in [1.165, 1.54) is 17.0 Å². The smallest absolute Gasteiger partial charge is 0.218 e. The van der Waals surface area contributed by atoms with Gasteiger partial charge in [0.1, 0.15) is 12.3 Å². The van der Waals surface area contributed by atoms with Crippen LogP contribution < -0.4 is 0 Å². The predicted octanol–water partition coefficient (Wildman–Crippen LogP) is 1.43. The van der Waals surface area contributed by atoms with Crippen molar-refractivity contribution in [1.29, 1.82) is 0 Å². The van der Waals surface area contributed by atoms with Crippen LogP contribution in [-0.2, 0) is 21.7 Å². The van der Waals surface area contributed by atoms with Crippen LogP contribution in [0.25, 0.3) is 11.3 Å². The highest BCUT2D eigenvalue weighted by atomic mass is 32.2. The molecule has 0 spiro atoms. The third-order valence-electron chi connectivity index (χ3n) is 3.76. The summed E-state index contributed by atoms with van der Waals surface area (Å²) in [6, 6.07) is 5.97. The quantitative estimate of drug-likeness (QED) is 0.916. The van der Waals surface area contributed by atoms with Gasteiger partial charge in [0, 0.05) is 30.9 Å². The van der Waals surface area contributed by atoms with Crippen molar-refractivity contribution < 1.29 is 18.4 Å². The van der Waals surface area contributed by atoms with Crippen molar-refractivity contribution in [3.8, 4) is 17.1 Å². The number of rotatable bonds is 3. The van der Waals surface area contributed by atoms with Gasteiger partial charge in [-0.3, -0.25) is 0 Å². The van der Waals surface area contributed by atoms with Gasteiger partial charge in [0.15, 0.2) is 9.84 Å². The molecule has 2 aromatic rings. The molecule has 8 heteroatoms. The second-order valence-electron chi connectivity index (χ2n) is 5.43. The molecule has 0 saturated heterocycles. The standard InChI is InChI=1S/C15H16N3O4S/c1-9-10(12-8-14(19)18(2)16-12)4-5-13(23(3,20)21)15(9)11-6-7-22-17-11/h4-5,19H,6-7H2,1-3H3. The molecular formula is C15H16N3O4S. The van der Waals surface area contributed by atoms with E-state index >= 15 is 0 Å². The summed E-state index contributed by atoms with van der Waals surface area (Å²) in [5, 5.41) is 17.8. The molecule has 1 aliphatic rings. The molecule has 0 amide bonds. The number of nitrogens with zero attached hydrogens (tertiary/aromatic N) is 3. The van der Waals surface area contributed by atoms with E-state index in [-0.39, 0.29) is 10.8 Å². The zero-order valence-corrected chi connectivity index (χ0v) is 13.8. The maximum absolute atomic E-state index is 12.1. The molecule has 0 saturated carbocycles. The molecule has 1 aliphatic heterocycles. The molecule has 1 N–H and O–H groups in total. The number of hydrogen-bond donors (Lipinski definition) is 1. The molecule has 0 aliphatic carbocycles. The number of aromatic nitrogens is 2. The molecular weight excluding hydrogens is 318 g/mol. The summed E-state index contributed by atoms with van der Waals surface area (Å²) in [5.41, 5.74) is 3.00. The molecule has 1 aromatic heterocycles. The molecule has 1 radical (unpaired) electrons. The van der Waals surface area contributed by atoms with Crippen LogP contribution in [0.5, 0.6) is 5.88 Å². The topological polar surface area (TPSA) is 93.8 Å². The van der Waals surface area contributed by atoms with Crippen molar-refractivity contribution in [3.63, 3.8) is 0 Å². The lowest BCUT2D eigenvalue weighted by atomic mass is 9.96. The SMILES string of the molecule is Cc1c(-c2[c]c(O)n(C)n2)ccc(S(C)(=O)=O)c1C1=NOCC1. The highest BCUT2D eigenvalue weighted by molar-refractivity contribution is 7.90. The Morgan fingerprint density at radius 3 is 2.65 bits per heavy atom. The molecule has 0 atom stereocenters. The van der Waals surface area contributed by atoms with E-state index in [1.807, 2.05) is 0 Å². The third kappa shape index (κ3) is 2.70. The minimum Gasteiger partial charge on any atom is -0.493 e. The molecule has 121 valence electrons. The lowest BCUT2D eigenvalue weighted by molar-refractivity contribution is 0.174. The first kappa shape index (κ1) is 15.5. The lowest BCUT2D eigenvalue weighted by Gasteiger charge is -2.13. The van der Waals surface area contributed by atoms with Gasteiger partial charge in [-0.2, -0.15) is 5.10 Å². The summed E-state index contributed by atoms with van der Waals surface area (Å²) in [4.78, 5) is 5.24. The summed E-state index contributed by atoms with van der Waals surface area (Å²) in [6.45, 7) is 2.23. The number of oxime groups is 1. The van der Waals surface area contributed by atoms with Gasteiger partial charge in [-0.15, -0.1) is 0 Å². The first-order valence-electron chi connectivity index (χ1n) is 6.97. The van der Waals surface area contributed by atoms with E-state index in [0.717, 1.165) is 0 Å². The minimum absolute atomic E-state index is 0.0883. The maximum Gasteiger partial charge on any atom is 0.218 e. The highest BCUT2D eigenvalue weighted by Gasteiger charge is 2.25. The van der Waals surface area contributed by atoms with E-state index in [2.05, 4.69) is 16.3 Å². The average molecular weight is 334 g/mol. The Hall–Kier alpha value is -2.35. The van der Waals surface area contributed by atoms with Crippen molar-refractivity contribution in [3.05, 3.63) is 29.3 Å². The molecule has 23 heavy (non-hydrogen) atoms. The molecule has 1 aromatic carbocycles. The number of benzene rings is 1. The number of aryl methyl sites for hydroxylation is 1. The van der Waals surface area contributed by atoms with Crippen molar-refractivity contribution >= 4 is 15.5 Å². The van der Waals surface area contributed by atoms with Crippen LogP contribution in [0.3, 0.4) is 0 Å². The fourth-order valence-electron chi connectivity index (χ4n) is 2.62. The van der Waals surface area contributed by atoms with Crippen LogP contribution in [0.15, 0.2) is 22.2 Å². The zero-order valence-electron chi connectivity index (χ0n) is 13.0. The van der Waals surface area contributed by atoms with Crippen LogP contribution in [0.2, 0.25) is 0 Å². The summed E-state index contributed by atoms with van der Waals surface area (Å²) in [5.74, 6) is -0.0883. The summed E-state index contributed by atoms with van der Waals surface area (Å²) in [7, 11) is -1.81. The van der Waals surface area contributed by atoms with E-state index in [0.29, 0.717) is 41.1 Å². The minimum atomic E-state index is -3.42. The fourth-order valence-corrected chi connectivity index (χ4v) is 3.58. The van der Waals surface area contributed by atoms with Crippen LogP contribution in [0, 0.1) is 13.0 Å². The Labute approximate surface area is 134 Å². The van der Waals surface area contributed by atoms with E-state index in [4.69, 9.17) is 4.84 Å². The average Bonchev–Trinajstić information content (AvgIpc) is 3.08. The van der Waals surface area contributed by atoms with Crippen molar-refractivity contribution in [2.45, 2.75) is 18.2 Å². The molecule has 0 bridgehead atoms. The molecule has 0 fully saturated rings. The van der Waals surface area contributed by atoms with Gasteiger partial charge in [0.25, 0.3) is 0 Å². The van der Waals surface area contributed by atoms with Crippen LogP contribution >= 0.6 is 0 Å². The largest absolute Gasteiger partial charge is 0.493 e. The molecule has 2 heterocycles. The van der Waals surface area contributed by atoms with Gasteiger partial charge in [-0.1, -0.05) is 11.2 Å². The normalized spacial score (nSPS) is 14.7. The Kier molecular flexibility index (Phi) is 3.63. The van der Waals surface area contributed by atoms with Crippen LogP contribution in [0.4, 0.5) is 0 Å². The van der Waals surface area contributed by atoms with Crippen LogP contribution in [0.1, 0.15) is 17.5 Å². The van der Waals surface area contributed by atoms with Gasteiger partial charge in [-0.05, 0) is 18.6 Å².